The Bertz CT molecular complexity index is 1180. The molecule has 0 atom stereocenters. The number of thiophene rings is 2. The minimum atomic E-state index is -0.199. The van der Waals surface area contributed by atoms with Gasteiger partial charge in [0.25, 0.3) is 5.56 Å². The molecule has 0 aliphatic carbocycles. The summed E-state index contributed by atoms with van der Waals surface area (Å²) in [6, 6.07) is 13.3. The zero-order chi connectivity index (χ0) is 19.5. The minimum Gasteiger partial charge on any atom is -0.307 e. The zero-order valence-corrected chi connectivity index (χ0v) is 16.6. The van der Waals surface area contributed by atoms with Crippen molar-refractivity contribution in [2.24, 2.45) is 0 Å². The fourth-order valence-corrected chi connectivity index (χ4v) is 4.73. The van der Waals surface area contributed by atoms with E-state index in [1.165, 1.54) is 22.2 Å². The van der Waals surface area contributed by atoms with E-state index in [4.69, 9.17) is 0 Å². The predicted octanol–water partition coefficient (Wildman–Crippen LogP) is 4.41. The number of hydrogen-bond donors (Lipinski definition) is 0. The lowest BCUT2D eigenvalue weighted by Crippen LogP contribution is -2.36. The minimum absolute atomic E-state index is 0.0791. The Morgan fingerprint density at radius 3 is 2.71 bits per heavy atom. The van der Waals surface area contributed by atoms with Gasteiger partial charge in [0.1, 0.15) is 11.4 Å². The van der Waals surface area contributed by atoms with E-state index in [1.807, 2.05) is 53.2 Å². The van der Waals surface area contributed by atoms with Crippen LogP contribution in [0.1, 0.15) is 0 Å². The number of hydrogen-bond acceptors (Lipinski definition) is 5. The average Bonchev–Trinajstić information content (AvgIpc) is 3.38. The maximum absolute atomic E-state index is 13.1. The molecule has 0 spiro atoms. The highest BCUT2D eigenvalue weighted by Gasteiger charge is 2.18. The first-order valence-corrected chi connectivity index (χ1v) is 10.4. The number of rotatable bonds is 6. The molecule has 0 unspecified atom stereocenters. The van der Waals surface area contributed by atoms with Crippen molar-refractivity contribution in [3.8, 4) is 10.4 Å². The van der Waals surface area contributed by atoms with Gasteiger partial charge in [-0.25, -0.2) is 4.98 Å². The fourth-order valence-electron chi connectivity index (χ4n) is 3.01. The number of carbonyl (C=O) groups is 1. The van der Waals surface area contributed by atoms with Crippen molar-refractivity contribution in [3.05, 3.63) is 82.6 Å². The summed E-state index contributed by atoms with van der Waals surface area (Å²) in [7, 11) is 0. The standard InChI is InChI=1S/C21H17N3O2S2/c1-2-10-24(15-7-4-3-5-8-15)18(25)12-23-14-22-20-19(21(23)26)16(13-28-20)17-9-6-11-27-17/h2-9,11,13-14H,1,10,12H2. The molecule has 1 aromatic carbocycles. The molecule has 0 bridgehead atoms. The average molecular weight is 408 g/mol. The van der Waals surface area contributed by atoms with E-state index in [0.717, 1.165) is 16.1 Å². The smallest absolute Gasteiger partial charge is 0.263 e. The SMILES string of the molecule is C=CCN(C(=O)Cn1cnc2scc(-c3cccs3)c2c1=O)c1ccccc1. The number of para-hydroxylation sites is 1. The van der Waals surface area contributed by atoms with Crippen molar-refractivity contribution in [2.45, 2.75) is 6.54 Å². The second kappa shape index (κ2) is 7.92. The number of amides is 1. The number of fused-ring (bicyclic) bond motifs is 1. The van der Waals surface area contributed by atoms with Crippen LogP contribution in [0.5, 0.6) is 0 Å². The third-order valence-electron chi connectivity index (χ3n) is 4.33. The Balaban J connectivity index is 1.70. The molecule has 0 aliphatic heterocycles. The molecule has 1 amide bonds. The van der Waals surface area contributed by atoms with Gasteiger partial charge in [0.15, 0.2) is 0 Å². The van der Waals surface area contributed by atoms with E-state index in [0.29, 0.717) is 16.8 Å². The first-order chi connectivity index (χ1) is 13.7. The zero-order valence-electron chi connectivity index (χ0n) is 14.9. The Morgan fingerprint density at radius 2 is 2.00 bits per heavy atom. The van der Waals surface area contributed by atoms with Crippen LogP contribution in [0.4, 0.5) is 5.69 Å². The summed E-state index contributed by atoms with van der Waals surface area (Å²) in [6.07, 6.45) is 3.12. The lowest BCUT2D eigenvalue weighted by Gasteiger charge is -2.21. The quantitative estimate of drug-likeness (QED) is 0.445. The van der Waals surface area contributed by atoms with Gasteiger partial charge in [0, 0.05) is 28.1 Å². The summed E-state index contributed by atoms with van der Waals surface area (Å²) < 4.78 is 1.38. The van der Waals surface area contributed by atoms with Crippen LogP contribution in [-0.2, 0) is 11.3 Å². The Hall–Kier alpha value is -3.03. The highest BCUT2D eigenvalue weighted by molar-refractivity contribution is 7.18. The topological polar surface area (TPSA) is 55.2 Å². The van der Waals surface area contributed by atoms with Crippen LogP contribution < -0.4 is 10.5 Å². The molecular weight excluding hydrogens is 390 g/mol. The molecule has 140 valence electrons. The highest BCUT2D eigenvalue weighted by Crippen LogP contribution is 2.33. The van der Waals surface area contributed by atoms with Crippen LogP contribution in [0.25, 0.3) is 20.7 Å². The van der Waals surface area contributed by atoms with Gasteiger partial charge in [-0.05, 0) is 23.6 Å². The van der Waals surface area contributed by atoms with E-state index in [9.17, 15) is 9.59 Å². The molecule has 4 aromatic rings. The molecule has 3 heterocycles. The summed E-state index contributed by atoms with van der Waals surface area (Å²) in [5, 5.41) is 4.49. The van der Waals surface area contributed by atoms with E-state index in [1.54, 1.807) is 22.3 Å². The summed E-state index contributed by atoms with van der Waals surface area (Å²) in [5.41, 5.74) is 1.44. The molecule has 0 radical (unpaired) electrons. The van der Waals surface area contributed by atoms with E-state index >= 15 is 0 Å². The summed E-state index contributed by atoms with van der Waals surface area (Å²) >= 11 is 3.02. The summed E-state index contributed by atoms with van der Waals surface area (Å²) in [5.74, 6) is -0.192. The van der Waals surface area contributed by atoms with Gasteiger partial charge in [-0.3, -0.25) is 14.2 Å². The first kappa shape index (κ1) is 18.3. The fraction of sp³-hybridized carbons (Fsp3) is 0.0952. The predicted molar refractivity (Wildman–Crippen MR) is 116 cm³/mol. The molecule has 0 aliphatic rings. The highest BCUT2D eigenvalue weighted by atomic mass is 32.1. The lowest BCUT2D eigenvalue weighted by molar-refractivity contribution is -0.119. The molecule has 0 N–H and O–H groups in total. The lowest BCUT2D eigenvalue weighted by atomic mass is 10.2. The van der Waals surface area contributed by atoms with Gasteiger partial charge in [0.2, 0.25) is 5.91 Å². The third kappa shape index (κ3) is 3.42. The van der Waals surface area contributed by atoms with Crippen LogP contribution in [0.15, 0.2) is 77.0 Å². The van der Waals surface area contributed by atoms with Crippen LogP contribution in [0.3, 0.4) is 0 Å². The van der Waals surface area contributed by atoms with Crippen LogP contribution in [-0.4, -0.2) is 22.0 Å². The second-order valence-corrected chi connectivity index (χ2v) is 7.92. The molecular formula is C21H17N3O2S2. The molecule has 7 heteroatoms. The number of anilines is 1. The normalized spacial score (nSPS) is 10.9. The van der Waals surface area contributed by atoms with Crippen LogP contribution in [0.2, 0.25) is 0 Å². The van der Waals surface area contributed by atoms with Crippen molar-refractivity contribution >= 4 is 44.5 Å². The number of nitrogens with zero attached hydrogens (tertiary/aromatic N) is 3. The summed E-state index contributed by atoms with van der Waals surface area (Å²) in [4.78, 5) is 33.8. The monoisotopic (exact) mass is 407 g/mol. The Labute approximate surface area is 169 Å². The second-order valence-electron chi connectivity index (χ2n) is 6.11. The Kier molecular flexibility index (Phi) is 5.18. The van der Waals surface area contributed by atoms with Crippen molar-refractivity contribution in [1.82, 2.24) is 9.55 Å². The van der Waals surface area contributed by atoms with E-state index < -0.39 is 0 Å². The van der Waals surface area contributed by atoms with Gasteiger partial charge < -0.3 is 4.90 Å². The first-order valence-electron chi connectivity index (χ1n) is 8.66. The largest absolute Gasteiger partial charge is 0.307 e. The maximum Gasteiger partial charge on any atom is 0.263 e. The van der Waals surface area contributed by atoms with Crippen LogP contribution >= 0.6 is 22.7 Å². The summed E-state index contributed by atoms with van der Waals surface area (Å²) in [6.45, 7) is 4.02. The van der Waals surface area contributed by atoms with Crippen molar-refractivity contribution in [2.75, 3.05) is 11.4 Å². The molecule has 5 nitrogen and oxygen atoms in total. The third-order valence-corrected chi connectivity index (χ3v) is 6.12. The van der Waals surface area contributed by atoms with Crippen molar-refractivity contribution < 1.29 is 4.79 Å². The van der Waals surface area contributed by atoms with Crippen molar-refractivity contribution in [1.29, 1.82) is 0 Å². The van der Waals surface area contributed by atoms with Gasteiger partial charge in [-0.15, -0.1) is 29.3 Å². The van der Waals surface area contributed by atoms with Crippen LogP contribution in [0, 0.1) is 0 Å². The van der Waals surface area contributed by atoms with Gasteiger partial charge in [0.05, 0.1) is 11.7 Å². The number of benzene rings is 1. The van der Waals surface area contributed by atoms with Gasteiger partial charge in [-0.1, -0.05) is 30.3 Å². The molecule has 4 rings (SSSR count). The molecule has 3 aromatic heterocycles. The van der Waals surface area contributed by atoms with E-state index in [2.05, 4.69) is 11.6 Å². The number of carbonyl (C=O) groups excluding carboxylic acids is 1. The van der Waals surface area contributed by atoms with E-state index in [-0.39, 0.29) is 18.0 Å². The molecule has 28 heavy (non-hydrogen) atoms. The van der Waals surface area contributed by atoms with Gasteiger partial charge in [-0.2, -0.15) is 0 Å². The van der Waals surface area contributed by atoms with Gasteiger partial charge >= 0.3 is 0 Å². The Morgan fingerprint density at radius 1 is 1.18 bits per heavy atom. The molecule has 0 fully saturated rings. The number of aromatic nitrogens is 2. The molecule has 0 saturated heterocycles. The molecule has 0 saturated carbocycles. The maximum atomic E-state index is 13.1. The van der Waals surface area contributed by atoms with Crippen molar-refractivity contribution in [3.63, 3.8) is 0 Å².